The Balaban J connectivity index is 1.42. The number of thiophene rings is 1. The Bertz CT molecular complexity index is 1240. The first-order valence-corrected chi connectivity index (χ1v) is 13.0. The highest BCUT2D eigenvalue weighted by Gasteiger charge is 2.27. The van der Waals surface area contributed by atoms with Gasteiger partial charge in [0.1, 0.15) is 10.8 Å². The molecule has 1 atom stereocenters. The van der Waals surface area contributed by atoms with E-state index in [-0.39, 0.29) is 17.7 Å². The Morgan fingerprint density at radius 3 is 2.83 bits per heavy atom. The van der Waals surface area contributed by atoms with Gasteiger partial charge in [-0.3, -0.25) is 19.6 Å². The van der Waals surface area contributed by atoms with Crippen LogP contribution in [0.25, 0.3) is 0 Å². The van der Waals surface area contributed by atoms with Gasteiger partial charge in [0.25, 0.3) is 0 Å². The molecule has 1 unspecified atom stereocenters. The summed E-state index contributed by atoms with van der Waals surface area (Å²) < 4.78 is 5.31. The molecular weight excluding hydrogens is 472 g/mol. The summed E-state index contributed by atoms with van der Waals surface area (Å²) in [5.41, 5.74) is 4.32. The first-order chi connectivity index (χ1) is 17.5. The maximum atomic E-state index is 13.0. The van der Waals surface area contributed by atoms with Gasteiger partial charge in [0.15, 0.2) is 0 Å². The van der Waals surface area contributed by atoms with Gasteiger partial charge in [-0.1, -0.05) is 19.1 Å². The normalized spacial score (nSPS) is 13.9. The molecule has 0 fully saturated rings. The first kappa shape index (κ1) is 25.6. The molecule has 8 heteroatoms. The second-order valence-electron chi connectivity index (χ2n) is 8.98. The fourth-order valence-corrected chi connectivity index (χ4v) is 5.73. The van der Waals surface area contributed by atoms with E-state index in [9.17, 15) is 9.59 Å². The Morgan fingerprint density at radius 2 is 2.08 bits per heavy atom. The van der Waals surface area contributed by atoms with Crippen LogP contribution in [0.4, 0.5) is 5.00 Å². The number of nitrogens with one attached hydrogen (secondary N) is 1. The topological polar surface area (TPSA) is 83.9 Å². The van der Waals surface area contributed by atoms with E-state index in [1.165, 1.54) is 5.56 Å². The fraction of sp³-hybridized carbons (Fsp3) is 0.357. The molecule has 0 saturated carbocycles. The van der Waals surface area contributed by atoms with Crippen molar-refractivity contribution in [2.24, 2.45) is 4.99 Å². The maximum Gasteiger partial charge on any atom is 0.225 e. The van der Waals surface area contributed by atoms with Gasteiger partial charge in [0, 0.05) is 55.5 Å². The van der Waals surface area contributed by atoms with E-state index < -0.39 is 0 Å². The first-order valence-electron chi connectivity index (χ1n) is 12.2. The van der Waals surface area contributed by atoms with Crippen LogP contribution < -0.4 is 10.1 Å². The molecule has 0 bridgehead atoms. The number of pyridine rings is 1. The quantitative estimate of drug-likeness (QED) is 0.422. The molecule has 3 heterocycles. The van der Waals surface area contributed by atoms with Crippen molar-refractivity contribution in [2.45, 2.75) is 45.1 Å². The molecule has 1 N–H and O–H groups in total. The number of fused-ring (bicyclic) bond motifs is 1. The number of aliphatic imine (C=N–C) groups is 1. The predicted octanol–water partition coefficient (Wildman–Crippen LogP) is 4.85. The smallest absolute Gasteiger partial charge is 0.225 e. The minimum atomic E-state index is -0.0417. The molecule has 3 aromatic rings. The highest BCUT2D eigenvalue weighted by atomic mass is 32.1. The summed E-state index contributed by atoms with van der Waals surface area (Å²) in [6.07, 6.45) is 7.61. The maximum absolute atomic E-state index is 13.0. The number of hydrogen-bond acceptors (Lipinski definition) is 6. The van der Waals surface area contributed by atoms with Crippen LogP contribution in [0.5, 0.6) is 5.75 Å². The number of nitrogens with zero attached hydrogens (tertiary/aromatic N) is 3. The summed E-state index contributed by atoms with van der Waals surface area (Å²) in [6, 6.07) is 11.7. The third-order valence-electron chi connectivity index (χ3n) is 6.49. The monoisotopic (exact) mass is 504 g/mol. The van der Waals surface area contributed by atoms with Gasteiger partial charge < -0.3 is 15.0 Å². The van der Waals surface area contributed by atoms with Crippen LogP contribution in [-0.2, 0) is 29.0 Å². The zero-order chi connectivity index (χ0) is 25.5. The van der Waals surface area contributed by atoms with Gasteiger partial charge in [0.2, 0.25) is 11.8 Å². The standard InChI is InChI=1S/C28H32N4O3S/c1-19(21-5-4-6-22(16-21)35-3)15-26(33)31-28-24(17-29-2)23-11-14-32(18-25(23)36-28)27(34)8-7-20-9-12-30-13-10-20/h4-6,9-10,12-13,16-17,19H,7-8,11,14-15,18H2,1-3H3,(H,31,33). The molecule has 4 rings (SSSR count). The van der Waals surface area contributed by atoms with Crippen LogP contribution in [0.1, 0.15) is 52.8 Å². The largest absolute Gasteiger partial charge is 0.497 e. The number of ether oxygens (including phenoxy) is 1. The van der Waals surface area contributed by atoms with E-state index in [0.29, 0.717) is 32.4 Å². The van der Waals surface area contributed by atoms with E-state index in [2.05, 4.69) is 15.3 Å². The van der Waals surface area contributed by atoms with Crippen molar-refractivity contribution in [3.05, 3.63) is 75.9 Å². The van der Waals surface area contributed by atoms with Gasteiger partial charge in [-0.25, -0.2) is 0 Å². The van der Waals surface area contributed by atoms with Gasteiger partial charge in [-0.05, 0) is 59.7 Å². The molecule has 2 aromatic heterocycles. The predicted molar refractivity (Wildman–Crippen MR) is 144 cm³/mol. The molecular formula is C28H32N4O3S. The Labute approximate surface area is 216 Å². The molecule has 0 spiro atoms. The summed E-state index contributed by atoms with van der Waals surface area (Å²) in [7, 11) is 3.37. The van der Waals surface area contributed by atoms with E-state index in [1.807, 2.05) is 54.4 Å². The van der Waals surface area contributed by atoms with Crippen LogP contribution in [0.3, 0.4) is 0 Å². The number of amides is 2. The fourth-order valence-electron chi connectivity index (χ4n) is 4.48. The zero-order valence-corrected chi connectivity index (χ0v) is 21.8. The lowest BCUT2D eigenvalue weighted by molar-refractivity contribution is -0.132. The third-order valence-corrected chi connectivity index (χ3v) is 7.64. The van der Waals surface area contributed by atoms with E-state index in [1.54, 1.807) is 37.9 Å². The zero-order valence-electron chi connectivity index (χ0n) is 21.0. The van der Waals surface area contributed by atoms with E-state index in [0.717, 1.165) is 38.7 Å². The average Bonchev–Trinajstić information content (AvgIpc) is 3.23. The number of hydrogen-bond donors (Lipinski definition) is 1. The van der Waals surface area contributed by atoms with Crippen LogP contribution in [0, 0.1) is 0 Å². The van der Waals surface area contributed by atoms with Gasteiger partial charge >= 0.3 is 0 Å². The van der Waals surface area contributed by atoms with Crippen LogP contribution >= 0.6 is 11.3 Å². The molecule has 0 radical (unpaired) electrons. The highest BCUT2D eigenvalue weighted by molar-refractivity contribution is 7.16. The molecule has 7 nitrogen and oxygen atoms in total. The molecule has 1 aliphatic rings. The van der Waals surface area contributed by atoms with Crippen LogP contribution in [-0.4, -0.2) is 48.6 Å². The van der Waals surface area contributed by atoms with Crippen molar-refractivity contribution < 1.29 is 14.3 Å². The number of methoxy groups -OCH3 is 1. The Kier molecular flexibility index (Phi) is 8.48. The highest BCUT2D eigenvalue weighted by Crippen LogP contribution is 2.37. The molecule has 0 saturated heterocycles. The molecule has 2 amide bonds. The number of carbonyl (C=O) groups is 2. The van der Waals surface area contributed by atoms with Crippen molar-refractivity contribution in [1.29, 1.82) is 0 Å². The Morgan fingerprint density at radius 1 is 1.28 bits per heavy atom. The number of rotatable bonds is 9. The summed E-state index contributed by atoms with van der Waals surface area (Å²) in [6.45, 7) is 3.28. The number of aryl methyl sites for hydroxylation is 1. The van der Waals surface area contributed by atoms with Crippen molar-refractivity contribution >= 4 is 34.4 Å². The van der Waals surface area contributed by atoms with Crippen molar-refractivity contribution in [3.8, 4) is 5.75 Å². The summed E-state index contributed by atoms with van der Waals surface area (Å²) in [4.78, 5) is 37.1. The third kappa shape index (κ3) is 6.18. The van der Waals surface area contributed by atoms with Crippen LogP contribution in [0.2, 0.25) is 0 Å². The minimum Gasteiger partial charge on any atom is -0.497 e. The molecule has 36 heavy (non-hydrogen) atoms. The van der Waals surface area contributed by atoms with Crippen molar-refractivity contribution in [3.63, 3.8) is 0 Å². The van der Waals surface area contributed by atoms with Gasteiger partial charge in [-0.15, -0.1) is 11.3 Å². The summed E-state index contributed by atoms with van der Waals surface area (Å²) >= 11 is 1.55. The minimum absolute atomic E-state index is 0.0417. The number of aromatic nitrogens is 1. The Hall–Kier alpha value is -3.52. The number of anilines is 1. The van der Waals surface area contributed by atoms with Gasteiger partial charge in [0.05, 0.1) is 13.7 Å². The second kappa shape index (κ2) is 11.9. The summed E-state index contributed by atoms with van der Waals surface area (Å²) in [5, 5.41) is 3.93. The average molecular weight is 505 g/mol. The molecule has 188 valence electrons. The molecule has 0 aliphatic carbocycles. The second-order valence-corrected chi connectivity index (χ2v) is 10.1. The van der Waals surface area contributed by atoms with E-state index in [4.69, 9.17) is 4.74 Å². The van der Waals surface area contributed by atoms with Crippen LogP contribution in [0.15, 0.2) is 53.8 Å². The number of carbonyl (C=O) groups excluding carboxylic acids is 2. The lowest BCUT2D eigenvalue weighted by Gasteiger charge is -2.27. The summed E-state index contributed by atoms with van der Waals surface area (Å²) in [5.74, 6) is 0.938. The number of benzene rings is 1. The van der Waals surface area contributed by atoms with Crippen molar-refractivity contribution in [1.82, 2.24) is 9.88 Å². The molecule has 1 aromatic carbocycles. The molecule has 1 aliphatic heterocycles. The SMILES string of the molecule is CN=Cc1c(NC(=O)CC(C)c2cccc(OC)c2)sc2c1CCN(C(=O)CCc1ccncc1)C2. The van der Waals surface area contributed by atoms with E-state index >= 15 is 0 Å². The lowest BCUT2D eigenvalue weighted by atomic mass is 9.97. The van der Waals surface area contributed by atoms with Gasteiger partial charge in [-0.2, -0.15) is 0 Å². The lowest BCUT2D eigenvalue weighted by Crippen LogP contribution is -2.35. The van der Waals surface area contributed by atoms with Crippen molar-refractivity contribution in [2.75, 3.05) is 26.0 Å².